The van der Waals surface area contributed by atoms with Crippen molar-refractivity contribution in [1.29, 1.82) is 0 Å². The molecule has 9 N–H and O–H groups in total. The van der Waals surface area contributed by atoms with Gasteiger partial charge in [0, 0.05) is 18.6 Å². The number of nitrogens with two attached hydrogens (primary N) is 3. The van der Waals surface area contributed by atoms with E-state index in [1.165, 1.54) is 37.2 Å². The number of rotatable bonds is 6. The lowest BCUT2D eigenvalue weighted by molar-refractivity contribution is -0.124. The number of aromatic nitrogens is 6. The maximum Gasteiger partial charge on any atom is 0.203 e. The number of carbonyl (C=O) groups is 3. The van der Waals surface area contributed by atoms with E-state index < -0.39 is 17.3 Å². The standard InChI is InChI=1S/C21H18N12O3/c22-13-4-31-16(7-25-13)28-1-10-19(34)11(2-29-17-8-26-14(23)5-32-17)21(36)12(20(10)35)3-30-18-9-27-15(24)6-33-18/h1-9H,(H2,22,25)(H2,23,26)(H2,24,27)(H,28,31)(H,29,32)(H,30,33). The van der Waals surface area contributed by atoms with Crippen molar-refractivity contribution in [2.24, 2.45) is 0 Å². The number of hydrogen-bond donors (Lipinski definition) is 6. The molecule has 15 nitrogen and oxygen atoms in total. The molecule has 15 heteroatoms. The highest BCUT2D eigenvalue weighted by Gasteiger charge is 2.38. The average Bonchev–Trinajstić information content (AvgIpc) is 2.87. The minimum absolute atomic E-state index is 0.188. The van der Waals surface area contributed by atoms with E-state index in [0.29, 0.717) is 0 Å². The Kier molecular flexibility index (Phi) is 6.53. The highest BCUT2D eigenvalue weighted by Crippen LogP contribution is 2.24. The lowest BCUT2D eigenvalue weighted by Crippen LogP contribution is -2.33. The van der Waals surface area contributed by atoms with Gasteiger partial charge < -0.3 is 33.2 Å². The Balaban J connectivity index is 1.68. The number of ketones is 3. The number of hydrogen-bond acceptors (Lipinski definition) is 15. The molecule has 36 heavy (non-hydrogen) atoms. The van der Waals surface area contributed by atoms with Crippen LogP contribution in [0.1, 0.15) is 0 Å². The van der Waals surface area contributed by atoms with Crippen LogP contribution in [0, 0.1) is 0 Å². The molecule has 0 aliphatic heterocycles. The summed E-state index contributed by atoms with van der Waals surface area (Å²) in [4.78, 5) is 62.9. The third kappa shape index (κ3) is 5.25. The average molecular weight is 486 g/mol. The summed E-state index contributed by atoms with van der Waals surface area (Å²) in [6.07, 6.45) is 11.2. The predicted molar refractivity (Wildman–Crippen MR) is 129 cm³/mol. The molecule has 0 spiro atoms. The van der Waals surface area contributed by atoms with E-state index in [2.05, 4.69) is 45.9 Å². The molecule has 3 aromatic heterocycles. The van der Waals surface area contributed by atoms with Crippen molar-refractivity contribution in [2.45, 2.75) is 0 Å². The van der Waals surface area contributed by atoms with Crippen LogP contribution in [0.2, 0.25) is 0 Å². The summed E-state index contributed by atoms with van der Waals surface area (Å²) < 4.78 is 0. The number of nitrogen functional groups attached to an aromatic ring is 3. The first kappa shape index (κ1) is 23.4. The number of Topliss-reactive ketones (excluding diaryl/α,β-unsaturated/α-hetero) is 3. The maximum atomic E-state index is 13.1. The zero-order valence-electron chi connectivity index (χ0n) is 18.3. The molecule has 4 rings (SSSR count). The van der Waals surface area contributed by atoms with Crippen LogP contribution in [0.25, 0.3) is 0 Å². The smallest absolute Gasteiger partial charge is 0.203 e. The van der Waals surface area contributed by atoms with Crippen LogP contribution < -0.4 is 33.2 Å². The van der Waals surface area contributed by atoms with Gasteiger partial charge in [-0.05, 0) is 0 Å². The second-order valence-electron chi connectivity index (χ2n) is 7.07. The molecule has 0 radical (unpaired) electrons. The van der Waals surface area contributed by atoms with Crippen LogP contribution in [0.15, 0.2) is 72.5 Å². The number of nitrogens with one attached hydrogen (secondary N) is 3. The lowest BCUT2D eigenvalue weighted by Gasteiger charge is -2.18. The molecular weight excluding hydrogens is 468 g/mol. The molecule has 180 valence electrons. The summed E-state index contributed by atoms with van der Waals surface area (Å²) in [7, 11) is 0. The fourth-order valence-electron chi connectivity index (χ4n) is 2.81. The molecule has 1 saturated carbocycles. The summed E-state index contributed by atoms with van der Waals surface area (Å²) >= 11 is 0. The van der Waals surface area contributed by atoms with Gasteiger partial charge in [-0.25, -0.2) is 29.9 Å². The van der Waals surface area contributed by atoms with Gasteiger partial charge in [-0.2, -0.15) is 0 Å². The third-order valence-electron chi connectivity index (χ3n) is 4.58. The van der Waals surface area contributed by atoms with Crippen molar-refractivity contribution in [2.75, 3.05) is 33.2 Å². The molecule has 0 saturated heterocycles. The molecule has 1 aliphatic carbocycles. The van der Waals surface area contributed by atoms with Crippen LogP contribution in [0.4, 0.5) is 34.9 Å². The van der Waals surface area contributed by atoms with E-state index in [1.54, 1.807) is 0 Å². The molecular formula is C21H18N12O3. The summed E-state index contributed by atoms with van der Waals surface area (Å²) in [5.41, 5.74) is 15.6. The molecule has 0 amide bonds. The van der Waals surface area contributed by atoms with Gasteiger partial charge in [0.25, 0.3) is 0 Å². The minimum Gasteiger partial charge on any atom is -0.382 e. The van der Waals surface area contributed by atoms with Crippen LogP contribution in [0.3, 0.4) is 0 Å². The van der Waals surface area contributed by atoms with E-state index in [4.69, 9.17) is 17.2 Å². The Bertz CT molecular complexity index is 1210. The Morgan fingerprint density at radius 1 is 0.472 bits per heavy atom. The molecule has 1 fully saturated rings. The minimum atomic E-state index is -0.832. The lowest BCUT2D eigenvalue weighted by atomic mass is 9.84. The first-order chi connectivity index (χ1) is 17.3. The van der Waals surface area contributed by atoms with E-state index in [-0.39, 0.29) is 51.6 Å². The second kappa shape index (κ2) is 10.0. The van der Waals surface area contributed by atoms with Gasteiger partial charge in [0.1, 0.15) is 34.9 Å². The van der Waals surface area contributed by atoms with E-state index >= 15 is 0 Å². The zero-order valence-corrected chi connectivity index (χ0v) is 18.3. The highest BCUT2D eigenvalue weighted by molar-refractivity contribution is 6.51. The molecule has 0 aromatic carbocycles. The van der Waals surface area contributed by atoms with E-state index in [9.17, 15) is 14.4 Å². The molecule has 0 atom stereocenters. The fraction of sp³-hybridized carbons (Fsp3) is 0. The number of carbonyl (C=O) groups excluding carboxylic acids is 3. The third-order valence-corrected chi connectivity index (χ3v) is 4.58. The molecule has 1 aliphatic rings. The van der Waals surface area contributed by atoms with Gasteiger partial charge in [0.2, 0.25) is 17.3 Å². The first-order valence-corrected chi connectivity index (χ1v) is 10.1. The van der Waals surface area contributed by atoms with Crippen LogP contribution in [0.5, 0.6) is 0 Å². The van der Waals surface area contributed by atoms with E-state index in [1.807, 2.05) is 0 Å². The Morgan fingerprint density at radius 3 is 0.972 bits per heavy atom. The Hall–Kier alpha value is -5.73. The Labute approximate surface area is 202 Å². The van der Waals surface area contributed by atoms with Gasteiger partial charge in [0.15, 0.2) is 0 Å². The van der Waals surface area contributed by atoms with Crippen molar-refractivity contribution in [1.82, 2.24) is 29.9 Å². The van der Waals surface area contributed by atoms with Crippen molar-refractivity contribution in [3.63, 3.8) is 0 Å². The van der Waals surface area contributed by atoms with E-state index in [0.717, 1.165) is 18.6 Å². The monoisotopic (exact) mass is 486 g/mol. The van der Waals surface area contributed by atoms with Gasteiger partial charge in [0.05, 0.1) is 53.9 Å². The van der Waals surface area contributed by atoms with Crippen molar-refractivity contribution in [3.8, 4) is 0 Å². The second-order valence-corrected chi connectivity index (χ2v) is 7.07. The first-order valence-electron chi connectivity index (χ1n) is 10.1. The fourth-order valence-corrected chi connectivity index (χ4v) is 2.81. The van der Waals surface area contributed by atoms with Crippen molar-refractivity contribution in [3.05, 3.63) is 72.5 Å². The SMILES string of the molecule is Nc1cnc(NC=C2C(=O)C(=CNc3cnc(N)cn3)C(=O)C(=CNc3cnc(N)cn3)C2=O)cn1. The van der Waals surface area contributed by atoms with Gasteiger partial charge in [-0.3, -0.25) is 14.4 Å². The van der Waals surface area contributed by atoms with Crippen LogP contribution in [-0.2, 0) is 14.4 Å². The quantitative estimate of drug-likeness (QED) is 0.195. The molecule has 0 unspecified atom stereocenters. The summed E-state index contributed by atoms with van der Waals surface area (Å²) in [5.74, 6) is -1.28. The highest BCUT2D eigenvalue weighted by atomic mass is 16.2. The topological polar surface area (TPSA) is 243 Å². The maximum absolute atomic E-state index is 13.1. The molecule has 3 aromatic rings. The van der Waals surface area contributed by atoms with Gasteiger partial charge >= 0.3 is 0 Å². The van der Waals surface area contributed by atoms with Gasteiger partial charge in [-0.1, -0.05) is 0 Å². The molecule has 0 bridgehead atoms. The summed E-state index contributed by atoms with van der Waals surface area (Å²) in [6, 6.07) is 0. The van der Waals surface area contributed by atoms with Crippen LogP contribution >= 0.6 is 0 Å². The normalized spacial score (nSPS) is 13.3. The summed E-state index contributed by atoms with van der Waals surface area (Å²) in [5, 5.41) is 8.12. The molecule has 3 heterocycles. The summed E-state index contributed by atoms with van der Waals surface area (Å²) in [6.45, 7) is 0. The number of nitrogens with zero attached hydrogens (tertiary/aromatic N) is 6. The largest absolute Gasteiger partial charge is 0.382 e. The van der Waals surface area contributed by atoms with Crippen LogP contribution in [-0.4, -0.2) is 47.3 Å². The van der Waals surface area contributed by atoms with Crippen molar-refractivity contribution >= 4 is 52.3 Å². The number of anilines is 6. The van der Waals surface area contributed by atoms with Gasteiger partial charge in [-0.15, -0.1) is 0 Å². The zero-order chi connectivity index (χ0) is 25.7. The Morgan fingerprint density at radius 2 is 0.750 bits per heavy atom. The number of allylic oxidation sites excluding steroid dienone is 3. The predicted octanol–water partition coefficient (Wildman–Crippen LogP) is -0.188. The van der Waals surface area contributed by atoms with Crippen molar-refractivity contribution < 1.29 is 14.4 Å².